The third-order valence-electron chi connectivity index (χ3n) is 4.76. The van der Waals surface area contributed by atoms with Gasteiger partial charge in [0.2, 0.25) is 0 Å². The monoisotopic (exact) mass is 370 g/mol. The Morgan fingerprint density at radius 2 is 1.35 bits per heavy atom. The molecule has 0 N–H and O–H groups in total. The molecule has 5 rings (SSSR count). The van der Waals surface area contributed by atoms with Crippen molar-refractivity contribution < 1.29 is 0 Å². The zero-order chi connectivity index (χ0) is 17.5. The highest BCUT2D eigenvalue weighted by Gasteiger charge is 2.11. The molecule has 0 saturated heterocycles. The number of rotatable bonds is 2. The SMILES string of the molecule is Clc1ccc(-c2ccc3c(c2)sc2cccc(-c4ccccc4)c23)cc1. The van der Waals surface area contributed by atoms with Crippen molar-refractivity contribution in [3.05, 3.63) is 96.0 Å². The van der Waals surface area contributed by atoms with Crippen LogP contribution in [0, 0.1) is 0 Å². The fourth-order valence-electron chi connectivity index (χ4n) is 3.51. The summed E-state index contributed by atoms with van der Waals surface area (Å²) in [5.74, 6) is 0. The zero-order valence-corrected chi connectivity index (χ0v) is 15.5. The summed E-state index contributed by atoms with van der Waals surface area (Å²) in [6, 6.07) is 32.0. The molecule has 0 amide bonds. The summed E-state index contributed by atoms with van der Waals surface area (Å²) < 4.78 is 2.64. The molecule has 0 radical (unpaired) electrons. The molecule has 0 saturated carbocycles. The summed E-state index contributed by atoms with van der Waals surface area (Å²) in [5.41, 5.74) is 4.98. The summed E-state index contributed by atoms with van der Waals surface area (Å²) >= 11 is 7.88. The van der Waals surface area contributed by atoms with E-state index < -0.39 is 0 Å². The number of hydrogen-bond donors (Lipinski definition) is 0. The zero-order valence-electron chi connectivity index (χ0n) is 13.9. The second-order valence-electron chi connectivity index (χ2n) is 6.36. The lowest BCUT2D eigenvalue weighted by atomic mass is 9.98. The highest BCUT2D eigenvalue weighted by Crippen LogP contribution is 2.41. The van der Waals surface area contributed by atoms with Crippen molar-refractivity contribution in [3.63, 3.8) is 0 Å². The Morgan fingerprint density at radius 1 is 0.577 bits per heavy atom. The molecule has 1 aromatic heterocycles. The van der Waals surface area contributed by atoms with Gasteiger partial charge in [0.1, 0.15) is 0 Å². The third kappa shape index (κ3) is 2.61. The summed E-state index contributed by atoms with van der Waals surface area (Å²) in [7, 11) is 0. The fourth-order valence-corrected chi connectivity index (χ4v) is 4.80. The summed E-state index contributed by atoms with van der Waals surface area (Å²) in [6.45, 7) is 0. The maximum Gasteiger partial charge on any atom is 0.0406 e. The van der Waals surface area contributed by atoms with Gasteiger partial charge in [0, 0.05) is 25.2 Å². The molecular weight excluding hydrogens is 356 g/mol. The van der Waals surface area contributed by atoms with Crippen LogP contribution in [0.1, 0.15) is 0 Å². The summed E-state index contributed by atoms with van der Waals surface area (Å²) in [4.78, 5) is 0. The van der Waals surface area contributed by atoms with E-state index in [4.69, 9.17) is 11.6 Å². The normalized spacial score (nSPS) is 11.3. The number of benzene rings is 4. The van der Waals surface area contributed by atoms with E-state index >= 15 is 0 Å². The highest BCUT2D eigenvalue weighted by atomic mass is 35.5. The van der Waals surface area contributed by atoms with E-state index in [0.29, 0.717) is 0 Å². The van der Waals surface area contributed by atoms with Crippen molar-refractivity contribution in [1.82, 2.24) is 0 Å². The highest BCUT2D eigenvalue weighted by molar-refractivity contribution is 7.26. The van der Waals surface area contributed by atoms with E-state index in [9.17, 15) is 0 Å². The molecule has 0 unspecified atom stereocenters. The van der Waals surface area contributed by atoms with Crippen LogP contribution in [0.3, 0.4) is 0 Å². The van der Waals surface area contributed by atoms with Crippen LogP contribution in [-0.2, 0) is 0 Å². The Balaban J connectivity index is 1.74. The standard InChI is InChI=1S/C24H15ClS/c25-19-12-9-16(10-13-19)18-11-14-21-23(15-18)26-22-8-4-7-20(24(21)22)17-5-2-1-3-6-17/h1-15H. The van der Waals surface area contributed by atoms with Crippen LogP contribution in [0.2, 0.25) is 5.02 Å². The predicted octanol–water partition coefficient (Wildman–Crippen LogP) is 8.04. The number of hydrogen-bond acceptors (Lipinski definition) is 1. The van der Waals surface area contributed by atoms with Crippen molar-refractivity contribution in [1.29, 1.82) is 0 Å². The fraction of sp³-hybridized carbons (Fsp3) is 0. The molecule has 0 bridgehead atoms. The van der Waals surface area contributed by atoms with Crippen molar-refractivity contribution >= 4 is 43.1 Å². The van der Waals surface area contributed by atoms with Crippen LogP contribution in [0.25, 0.3) is 42.4 Å². The first-order valence-corrected chi connectivity index (χ1v) is 9.76. The maximum absolute atomic E-state index is 6.03. The van der Waals surface area contributed by atoms with Gasteiger partial charge in [-0.25, -0.2) is 0 Å². The second kappa shape index (κ2) is 6.28. The van der Waals surface area contributed by atoms with Crippen molar-refractivity contribution in [2.45, 2.75) is 0 Å². The summed E-state index contributed by atoms with van der Waals surface area (Å²) in [6.07, 6.45) is 0. The van der Waals surface area contributed by atoms with Crippen LogP contribution in [0.15, 0.2) is 91.0 Å². The number of fused-ring (bicyclic) bond motifs is 3. The first-order chi connectivity index (χ1) is 12.8. The Kier molecular flexibility index (Phi) is 3.77. The topological polar surface area (TPSA) is 0 Å². The largest absolute Gasteiger partial charge is 0.135 e. The van der Waals surface area contributed by atoms with Crippen LogP contribution in [0.5, 0.6) is 0 Å². The quantitative estimate of drug-likeness (QED) is 0.295. The van der Waals surface area contributed by atoms with Gasteiger partial charge < -0.3 is 0 Å². The lowest BCUT2D eigenvalue weighted by Crippen LogP contribution is -1.79. The Bertz CT molecular complexity index is 1220. The second-order valence-corrected chi connectivity index (χ2v) is 7.88. The predicted molar refractivity (Wildman–Crippen MR) is 115 cm³/mol. The number of halogens is 1. The van der Waals surface area contributed by atoms with Crippen LogP contribution < -0.4 is 0 Å². The molecule has 26 heavy (non-hydrogen) atoms. The molecule has 1 heterocycles. The van der Waals surface area contributed by atoms with Gasteiger partial charge in [-0.15, -0.1) is 11.3 Å². The van der Waals surface area contributed by atoms with E-state index in [1.165, 1.54) is 42.4 Å². The van der Waals surface area contributed by atoms with Gasteiger partial charge in [-0.05, 0) is 46.5 Å². The van der Waals surface area contributed by atoms with E-state index in [0.717, 1.165) is 5.02 Å². The average molecular weight is 371 g/mol. The molecule has 0 atom stereocenters. The van der Waals surface area contributed by atoms with Crippen LogP contribution >= 0.6 is 22.9 Å². The molecule has 5 aromatic rings. The summed E-state index contributed by atoms with van der Waals surface area (Å²) in [5, 5.41) is 3.44. The maximum atomic E-state index is 6.03. The van der Waals surface area contributed by atoms with E-state index in [-0.39, 0.29) is 0 Å². The average Bonchev–Trinajstić information content (AvgIpc) is 3.07. The van der Waals surface area contributed by atoms with Gasteiger partial charge in [0.05, 0.1) is 0 Å². The molecule has 2 heteroatoms. The smallest absolute Gasteiger partial charge is 0.0406 e. The van der Waals surface area contributed by atoms with Gasteiger partial charge >= 0.3 is 0 Å². The van der Waals surface area contributed by atoms with Crippen LogP contribution in [0.4, 0.5) is 0 Å². The molecule has 0 aliphatic heterocycles. The lowest BCUT2D eigenvalue weighted by molar-refractivity contribution is 1.65. The van der Waals surface area contributed by atoms with Gasteiger partial charge in [-0.3, -0.25) is 0 Å². The molecule has 0 aliphatic rings. The molecule has 124 valence electrons. The molecular formula is C24H15ClS. The van der Waals surface area contributed by atoms with Crippen molar-refractivity contribution in [3.8, 4) is 22.3 Å². The Hall–Kier alpha value is -2.61. The van der Waals surface area contributed by atoms with E-state index in [1.54, 1.807) is 0 Å². The van der Waals surface area contributed by atoms with Gasteiger partial charge in [0.25, 0.3) is 0 Å². The Morgan fingerprint density at radius 3 is 2.15 bits per heavy atom. The van der Waals surface area contributed by atoms with Crippen LogP contribution in [-0.4, -0.2) is 0 Å². The lowest BCUT2D eigenvalue weighted by Gasteiger charge is -2.05. The Labute approximate surface area is 161 Å². The first kappa shape index (κ1) is 15.6. The number of thiophene rings is 1. The van der Waals surface area contributed by atoms with Gasteiger partial charge in [0.15, 0.2) is 0 Å². The van der Waals surface area contributed by atoms with Crippen molar-refractivity contribution in [2.24, 2.45) is 0 Å². The van der Waals surface area contributed by atoms with E-state index in [1.807, 2.05) is 23.5 Å². The first-order valence-electron chi connectivity index (χ1n) is 8.56. The van der Waals surface area contributed by atoms with Gasteiger partial charge in [-0.2, -0.15) is 0 Å². The van der Waals surface area contributed by atoms with Gasteiger partial charge in [-0.1, -0.05) is 78.3 Å². The molecule has 0 spiro atoms. The molecule has 0 aliphatic carbocycles. The molecule has 4 aromatic carbocycles. The minimum Gasteiger partial charge on any atom is -0.135 e. The van der Waals surface area contributed by atoms with E-state index in [2.05, 4.69) is 78.9 Å². The third-order valence-corrected chi connectivity index (χ3v) is 6.13. The minimum absolute atomic E-state index is 0.768. The van der Waals surface area contributed by atoms with Crippen molar-refractivity contribution in [2.75, 3.05) is 0 Å². The minimum atomic E-state index is 0.768. The molecule has 0 fully saturated rings. The molecule has 0 nitrogen and oxygen atoms in total.